The molecule has 3 rings (SSSR count). The molecule has 2 heterocycles. The Kier molecular flexibility index (Phi) is 7.11. The largest absolute Gasteiger partial charge is 0.347 e. The van der Waals surface area contributed by atoms with E-state index >= 15 is 0 Å². The number of pyridine rings is 1. The lowest BCUT2D eigenvalue weighted by Crippen LogP contribution is -2.23. The number of nitrogens with one attached hydrogen (secondary N) is 1. The summed E-state index contributed by atoms with van der Waals surface area (Å²) in [5.74, 6) is 1.24. The second kappa shape index (κ2) is 9.75. The fourth-order valence-electron chi connectivity index (χ4n) is 2.21. The first kappa shape index (κ1) is 18.9. The molecule has 0 saturated carbocycles. The van der Waals surface area contributed by atoms with Crippen LogP contribution < -0.4 is 5.32 Å². The molecule has 134 valence electrons. The third kappa shape index (κ3) is 5.59. The Bertz CT molecular complexity index is 856. The van der Waals surface area contributed by atoms with E-state index in [-0.39, 0.29) is 11.7 Å². The average molecular weight is 405 g/mol. The minimum Gasteiger partial charge on any atom is -0.347 e. The predicted octanol–water partition coefficient (Wildman–Crippen LogP) is 5.10. The highest BCUT2D eigenvalue weighted by molar-refractivity contribution is 8.03. The summed E-state index contributed by atoms with van der Waals surface area (Å²) in [5.41, 5.74) is 0.588. The maximum absolute atomic E-state index is 13.2. The van der Waals surface area contributed by atoms with Gasteiger partial charge in [-0.05, 0) is 41.8 Å². The molecule has 0 radical (unpaired) electrons. The number of aromatic nitrogens is 1. The lowest BCUT2D eigenvalue weighted by atomic mass is 10.2. The first-order valence-corrected chi connectivity index (χ1v) is 10.8. The van der Waals surface area contributed by atoms with Crippen molar-refractivity contribution in [3.63, 3.8) is 0 Å². The van der Waals surface area contributed by atoms with Crippen LogP contribution in [-0.2, 0) is 6.54 Å². The number of thiophene rings is 1. The van der Waals surface area contributed by atoms with Crippen molar-refractivity contribution in [2.45, 2.75) is 16.5 Å². The van der Waals surface area contributed by atoms with Crippen LogP contribution in [0.25, 0.3) is 0 Å². The Morgan fingerprint density at radius 1 is 1.12 bits per heavy atom. The van der Waals surface area contributed by atoms with Crippen molar-refractivity contribution in [1.82, 2.24) is 10.3 Å². The van der Waals surface area contributed by atoms with Crippen LogP contribution in [-0.4, -0.2) is 22.4 Å². The average Bonchev–Trinajstić information content (AvgIpc) is 3.17. The van der Waals surface area contributed by atoms with Gasteiger partial charge in [0.05, 0.1) is 12.1 Å². The number of hydrogen-bond donors (Lipinski definition) is 1. The van der Waals surface area contributed by atoms with Crippen LogP contribution in [0, 0.1) is 5.82 Å². The lowest BCUT2D eigenvalue weighted by Gasteiger charge is -2.08. The zero-order valence-corrected chi connectivity index (χ0v) is 16.3. The molecule has 0 unspecified atom stereocenters. The van der Waals surface area contributed by atoms with Crippen molar-refractivity contribution >= 4 is 40.8 Å². The molecule has 1 aromatic carbocycles. The molecule has 0 fully saturated rings. The molecule has 0 spiro atoms. The molecular formula is C19H17FN2OS3. The number of carbonyl (C=O) groups excluding carboxylic acids is 1. The zero-order chi connectivity index (χ0) is 18.2. The molecule has 0 bridgehead atoms. The summed E-state index contributed by atoms with van der Waals surface area (Å²) in [6, 6.07) is 14.1. The molecule has 1 amide bonds. The number of benzene rings is 1. The van der Waals surface area contributed by atoms with E-state index < -0.39 is 0 Å². The van der Waals surface area contributed by atoms with Crippen LogP contribution in [0.4, 0.5) is 4.39 Å². The van der Waals surface area contributed by atoms with Gasteiger partial charge in [-0.3, -0.25) is 4.79 Å². The van der Waals surface area contributed by atoms with Gasteiger partial charge in [0.15, 0.2) is 0 Å². The molecule has 0 aliphatic rings. The van der Waals surface area contributed by atoms with Gasteiger partial charge in [0.2, 0.25) is 0 Å². The van der Waals surface area contributed by atoms with E-state index in [1.54, 1.807) is 47.5 Å². The molecule has 1 N–H and O–H groups in total. The van der Waals surface area contributed by atoms with E-state index in [0.717, 1.165) is 26.3 Å². The number of thioether (sulfide) groups is 2. The number of hydrogen-bond acceptors (Lipinski definition) is 5. The minimum absolute atomic E-state index is 0.119. The molecule has 3 nitrogen and oxygen atoms in total. The van der Waals surface area contributed by atoms with E-state index in [1.807, 2.05) is 23.6 Å². The summed E-state index contributed by atoms with van der Waals surface area (Å²) in [5, 5.41) is 5.64. The number of nitrogens with zero attached hydrogens (tertiary/aromatic N) is 1. The van der Waals surface area contributed by atoms with Gasteiger partial charge in [-0.15, -0.1) is 34.9 Å². The second-order valence-electron chi connectivity index (χ2n) is 5.27. The van der Waals surface area contributed by atoms with Gasteiger partial charge in [-0.1, -0.05) is 12.1 Å². The third-order valence-corrected chi connectivity index (χ3v) is 6.54. The van der Waals surface area contributed by atoms with E-state index in [0.29, 0.717) is 12.1 Å². The molecule has 7 heteroatoms. The van der Waals surface area contributed by atoms with Crippen molar-refractivity contribution < 1.29 is 9.18 Å². The maximum atomic E-state index is 13.2. The summed E-state index contributed by atoms with van der Waals surface area (Å²) in [6.07, 6.45) is 1.69. The minimum atomic E-state index is -0.225. The monoisotopic (exact) mass is 404 g/mol. The highest BCUT2D eigenvalue weighted by Crippen LogP contribution is 2.24. The normalized spacial score (nSPS) is 10.7. The van der Waals surface area contributed by atoms with Gasteiger partial charge in [0.25, 0.3) is 5.91 Å². The summed E-state index contributed by atoms with van der Waals surface area (Å²) in [7, 11) is 0. The number of carbonyl (C=O) groups is 1. The SMILES string of the molecule is O=C(NCc1cccs1)c1cccnc1SCCSc1cccc(F)c1. The van der Waals surface area contributed by atoms with Crippen molar-refractivity contribution in [3.05, 3.63) is 76.4 Å². The number of amides is 1. The molecule has 0 aliphatic carbocycles. The van der Waals surface area contributed by atoms with Crippen molar-refractivity contribution in [2.24, 2.45) is 0 Å². The van der Waals surface area contributed by atoms with Gasteiger partial charge in [-0.25, -0.2) is 9.37 Å². The van der Waals surface area contributed by atoms with Crippen LogP contribution in [0.1, 0.15) is 15.2 Å². The summed E-state index contributed by atoms with van der Waals surface area (Å²) < 4.78 is 13.2. The smallest absolute Gasteiger partial charge is 0.254 e. The molecule has 3 aromatic rings. The van der Waals surface area contributed by atoms with Crippen molar-refractivity contribution in [3.8, 4) is 0 Å². The van der Waals surface area contributed by atoms with Crippen molar-refractivity contribution in [1.29, 1.82) is 0 Å². The van der Waals surface area contributed by atoms with Gasteiger partial charge in [0.1, 0.15) is 10.8 Å². The van der Waals surface area contributed by atoms with Gasteiger partial charge in [-0.2, -0.15) is 0 Å². The lowest BCUT2D eigenvalue weighted by molar-refractivity contribution is 0.0947. The first-order chi connectivity index (χ1) is 12.7. The molecule has 0 atom stereocenters. The van der Waals surface area contributed by atoms with E-state index in [2.05, 4.69) is 10.3 Å². The van der Waals surface area contributed by atoms with Crippen LogP contribution in [0.3, 0.4) is 0 Å². The summed E-state index contributed by atoms with van der Waals surface area (Å²) in [4.78, 5) is 18.8. The van der Waals surface area contributed by atoms with E-state index in [9.17, 15) is 9.18 Å². The highest BCUT2D eigenvalue weighted by atomic mass is 32.2. The molecule has 26 heavy (non-hydrogen) atoms. The van der Waals surface area contributed by atoms with E-state index in [4.69, 9.17) is 0 Å². The van der Waals surface area contributed by atoms with Crippen LogP contribution in [0.2, 0.25) is 0 Å². The van der Waals surface area contributed by atoms with Crippen LogP contribution in [0.5, 0.6) is 0 Å². The zero-order valence-electron chi connectivity index (χ0n) is 13.9. The van der Waals surface area contributed by atoms with Crippen LogP contribution in [0.15, 0.2) is 70.0 Å². The second-order valence-corrected chi connectivity index (χ2v) is 8.56. The first-order valence-electron chi connectivity index (χ1n) is 7.99. The molecule has 2 aromatic heterocycles. The Hall–Kier alpha value is -1.83. The molecular weight excluding hydrogens is 387 g/mol. The molecule has 0 aliphatic heterocycles. The molecule has 0 saturated heterocycles. The quantitative estimate of drug-likeness (QED) is 0.419. The third-order valence-electron chi connectivity index (χ3n) is 3.41. The highest BCUT2D eigenvalue weighted by Gasteiger charge is 2.12. The summed E-state index contributed by atoms with van der Waals surface area (Å²) >= 11 is 4.74. The number of halogens is 1. The van der Waals surface area contributed by atoms with Gasteiger partial charge < -0.3 is 5.32 Å². The van der Waals surface area contributed by atoms with E-state index in [1.165, 1.54) is 23.9 Å². The fourth-order valence-corrected chi connectivity index (χ4v) is 4.77. The Labute approximate surface area is 164 Å². The van der Waals surface area contributed by atoms with Gasteiger partial charge in [0, 0.05) is 27.5 Å². The Morgan fingerprint density at radius 3 is 2.81 bits per heavy atom. The summed E-state index contributed by atoms with van der Waals surface area (Å²) in [6.45, 7) is 0.519. The predicted molar refractivity (Wildman–Crippen MR) is 108 cm³/mol. The number of rotatable bonds is 8. The standard InChI is InChI=1S/C19H17FN2OS3/c20-14-4-1-5-15(12-14)25-10-11-26-19-17(7-2-8-21-19)18(23)22-13-16-6-3-9-24-16/h1-9,12H,10-11,13H2,(H,22,23). The van der Waals surface area contributed by atoms with Crippen molar-refractivity contribution in [2.75, 3.05) is 11.5 Å². The maximum Gasteiger partial charge on any atom is 0.254 e. The fraction of sp³-hybridized carbons (Fsp3) is 0.158. The topological polar surface area (TPSA) is 42.0 Å². The van der Waals surface area contributed by atoms with Crippen LogP contribution >= 0.6 is 34.9 Å². The Balaban J connectivity index is 1.52. The van der Waals surface area contributed by atoms with Gasteiger partial charge >= 0.3 is 0 Å². The Morgan fingerprint density at radius 2 is 2.00 bits per heavy atom.